The Morgan fingerprint density at radius 3 is 2.74 bits per heavy atom. The predicted molar refractivity (Wildman–Crippen MR) is 115 cm³/mol. The molecule has 8 heteroatoms. The van der Waals surface area contributed by atoms with Crippen LogP contribution in [0.4, 0.5) is 8.78 Å². The number of benzene rings is 1. The fourth-order valence-electron chi connectivity index (χ4n) is 4.03. The number of hydrogen-bond acceptors (Lipinski definition) is 6. The van der Waals surface area contributed by atoms with Crippen LogP contribution in [0.2, 0.25) is 0 Å². The summed E-state index contributed by atoms with van der Waals surface area (Å²) in [6.45, 7) is 4.42. The smallest absolute Gasteiger partial charge is 0.147 e. The van der Waals surface area contributed by atoms with Gasteiger partial charge in [-0.05, 0) is 56.5 Å². The minimum atomic E-state index is -0.659. The van der Waals surface area contributed by atoms with E-state index in [-0.39, 0.29) is 17.6 Å². The number of aryl methyl sites for hydroxylation is 2. The van der Waals surface area contributed by atoms with E-state index < -0.39 is 11.6 Å². The number of rotatable bonds is 3. The first-order chi connectivity index (χ1) is 15.0. The van der Waals surface area contributed by atoms with Gasteiger partial charge in [0.2, 0.25) is 0 Å². The summed E-state index contributed by atoms with van der Waals surface area (Å²) in [4.78, 5) is 19.0. The zero-order valence-electron chi connectivity index (χ0n) is 17.1. The van der Waals surface area contributed by atoms with Gasteiger partial charge in [-0.2, -0.15) is 0 Å². The van der Waals surface area contributed by atoms with Gasteiger partial charge in [-0.3, -0.25) is 4.98 Å². The molecule has 1 saturated heterocycles. The van der Waals surface area contributed by atoms with Crippen LogP contribution in [0.15, 0.2) is 36.5 Å². The number of ether oxygens (including phenoxy) is 1. The second-order valence-corrected chi connectivity index (χ2v) is 8.93. The summed E-state index contributed by atoms with van der Waals surface area (Å²) in [7, 11) is 0. The summed E-state index contributed by atoms with van der Waals surface area (Å²) >= 11 is 1.45. The molecule has 31 heavy (non-hydrogen) atoms. The molecule has 0 unspecified atom stereocenters. The number of fused-ring (bicyclic) bond motifs is 1. The molecule has 4 aromatic rings. The van der Waals surface area contributed by atoms with Crippen molar-refractivity contribution in [3.8, 4) is 11.3 Å². The van der Waals surface area contributed by atoms with Crippen molar-refractivity contribution in [3.05, 3.63) is 70.3 Å². The highest BCUT2D eigenvalue weighted by Gasteiger charge is 2.29. The van der Waals surface area contributed by atoms with Gasteiger partial charge in [0.15, 0.2) is 0 Å². The van der Waals surface area contributed by atoms with E-state index in [0.717, 1.165) is 35.2 Å². The molecule has 0 aliphatic carbocycles. The summed E-state index contributed by atoms with van der Waals surface area (Å²) < 4.78 is 34.1. The van der Waals surface area contributed by atoms with Gasteiger partial charge in [0, 0.05) is 36.0 Å². The van der Waals surface area contributed by atoms with Gasteiger partial charge in [0.05, 0.1) is 11.1 Å². The average molecular weight is 439 g/mol. The van der Waals surface area contributed by atoms with Crippen molar-refractivity contribution in [2.75, 3.05) is 6.61 Å². The zero-order chi connectivity index (χ0) is 21.5. The number of thiazole rings is 1. The van der Waals surface area contributed by atoms with Crippen molar-refractivity contribution in [1.29, 1.82) is 0 Å². The van der Waals surface area contributed by atoms with Gasteiger partial charge in [-0.1, -0.05) is 11.3 Å². The Labute approximate surface area is 182 Å². The Morgan fingerprint density at radius 2 is 1.94 bits per heavy atom. The molecule has 5 rings (SSSR count). The Morgan fingerprint density at radius 1 is 1.06 bits per heavy atom. The third-order valence-electron chi connectivity index (χ3n) is 5.51. The highest BCUT2D eigenvalue weighted by atomic mass is 32.1. The molecular weight excluding hydrogens is 418 g/mol. The molecule has 1 aliphatic heterocycles. The fraction of sp³-hybridized carbons (Fsp3) is 0.304. The third-order valence-corrected chi connectivity index (χ3v) is 6.38. The monoisotopic (exact) mass is 438 g/mol. The highest BCUT2D eigenvalue weighted by molar-refractivity contribution is 7.18. The molecule has 0 amide bonds. The minimum absolute atomic E-state index is 0.0567. The van der Waals surface area contributed by atoms with Gasteiger partial charge in [-0.25, -0.2) is 23.7 Å². The van der Waals surface area contributed by atoms with Crippen LogP contribution in [0.1, 0.15) is 47.0 Å². The molecule has 3 aromatic heterocycles. The highest BCUT2D eigenvalue weighted by Crippen LogP contribution is 2.39. The van der Waals surface area contributed by atoms with Crippen LogP contribution in [-0.2, 0) is 4.74 Å². The second-order valence-electron chi connectivity index (χ2n) is 7.75. The van der Waals surface area contributed by atoms with Gasteiger partial charge in [0.25, 0.3) is 0 Å². The number of aromatic nitrogens is 4. The van der Waals surface area contributed by atoms with Crippen molar-refractivity contribution in [2.45, 2.75) is 38.7 Å². The number of hydrogen-bond donors (Lipinski definition) is 0. The van der Waals surface area contributed by atoms with Crippen LogP contribution in [0.25, 0.3) is 21.6 Å². The summed E-state index contributed by atoms with van der Waals surface area (Å²) in [6, 6.07) is 7.52. The van der Waals surface area contributed by atoms with Crippen molar-refractivity contribution in [1.82, 2.24) is 19.9 Å². The lowest BCUT2D eigenvalue weighted by Gasteiger charge is -2.29. The molecule has 4 heterocycles. The van der Waals surface area contributed by atoms with Crippen LogP contribution in [0.5, 0.6) is 0 Å². The first kappa shape index (κ1) is 20.1. The lowest BCUT2D eigenvalue weighted by Crippen LogP contribution is -2.20. The van der Waals surface area contributed by atoms with E-state index in [2.05, 4.69) is 9.97 Å². The van der Waals surface area contributed by atoms with Crippen LogP contribution >= 0.6 is 11.3 Å². The topological polar surface area (TPSA) is 60.8 Å². The fourth-order valence-corrected chi connectivity index (χ4v) is 4.82. The van der Waals surface area contributed by atoms with E-state index in [1.165, 1.54) is 23.5 Å². The Bertz CT molecular complexity index is 1280. The molecule has 0 bridgehead atoms. The molecule has 0 saturated carbocycles. The van der Waals surface area contributed by atoms with Crippen LogP contribution in [0.3, 0.4) is 0 Å². The molecule has 158 valence electrons. The maximum absolute atomic E-state index is 14.6. The largest absolute Gasteiger partial charge is 0.373 e. The average Bonchev–Trinajstić information content (AvgIpc) is 3.13. The molecule has 1 aromatic carbocycles. The van der Waals surface area contributed by atoms with Crippen molar-refractivity contribution in [3.63, 3.8) is 0 Å². The summed E-state index contributed by atoms with van der Waals surface area (Å²) in [5.74, 6) is -0.579. The Balaban J connectivity index is 1.57. The SMILES string of the molecule is Cc1cc([C@@H]2C[C@@H](c3nc(-c4ccc(F)cc4F)c4nc(C)sc4n3)CCO2)ccn1. The van der Waals surface area contributed by atoms with E-state index in [1.54, 1.807) is 6.20 Å². The van der Waals surface area contributed by atoms with Crippen molar-refractivity contribution in [2.24, 2.45) is 0 Å². The molecule has 0 spiro atoms. The van der Waals surface area contributed by atoms with Crippen molar-refractivity contribution >= 4 is 21.7 Å². The minimum Gasteiger partial charge on any atom is -0.373 e. The van der Waals surface area contributed by atoms with E-state index >= 15 is 0 Å². The van der Waals surface area contributed by atoms with Crippen molar-refractivity contribution < 1.29 is 13.5 Å². The molecule has 0 radical (unpaired) electrons. The quantitative estimate of drug-likeness (QED) is 0.412. The molecular formula is C23H20F2N4OS. The van der Waals surface area contributed by atoms with Gasteiger partial charge in [-0.15, -0.1) is 0 Å². The molecule has 2 atom stereocenters. The molecule has 1 fully saturated rings. The first-order valence-electron chi connectivity index (χ1n) is 10.1. The predicted octanol–water partition coefficient (Wildman–Crippen LogP) is 5.68. The van der Waals surface area contributed by atoms with Gasteiger partial charge in [0.1, 0.15) is 33.5 Å². The molecule has 5 nitrogen and oxygen atoms in total. The van der Waals surface area contributed by atoms with E-state index in [4.69, 9.17) is 14.7 Å². The molecule has 1 aliphatic rings. The van der Waals surface area contributed by atoms with Crippen LogP contribution in [-0.4, -0.2) is 26.5 Å². The normalized spacial score (nSPS) is 19.1. The third kappa shape index (κ3) is 3.93. The van der Waals surface area contributed by atoms with E-state index in [1.807, 2.05) is 26.0 Å². The maximum atomic E-state index is 14.6. The zero-order valence-corrected chi connectivity index (χ0v) is 17.9. The first-order valence-corrected chi connectivity index (χ1v) is 10.9. The molecule has 0 N–H and O–H groups in total. The summed E-state index contributed by atoms with van der Waals surface area (Å²) in [6.07, 6.45) is 3.21. The standard InChI is InChI=1S/C23H20F2N4OS/c1-12-9-14(5-7-26-12)19-10-15(6-8-30-19)22-28-20(17-4-3-16(24)11-18(17)25)21-23(29-22)31-13(2)27-21/h3-5,7,9,11,15,19H,6,8,10H2,1-2H3/t15-,19-/m0/s1. The van der Waals surface area contributed by atoms with E-state index in [9.17, 15) is 8.78 Å². The van der Waals surface area contributed by atoms with Crippen LogP contribution in [0, 0.1) is 25.5 Å². The number of halogens is 2. The lowest BCUT2D eigenvalue weighted by molar-refractivity contribution is 0.00395. The summed E-state index contributed by atoms with van der Waals surface area (Å²) in [5.41, 5.74) is 3.20. The Kier molecular flexibility index (Phi) is 5.19. The van der Waals surface area contributed by atoms with Gasteiger partial charge >= 0.3 is 0 Å². The Hall–Kier alpha value is -2.84. The van der Waals surface area contributed by atoms with E-state index in [0.29, 0.717) is 28.5 Å². The van der Waals surface area contributed by atoms with Gasteiger partial charge < -0.3 is 4.74 Å². The maximum Gasteiger partial charge on any atom is 0.147 e. The second kappa shape index (κ2) is 8.01. The van der Waals surface area contributed by atoms with Crippen LogP contribution < -0.4 is 0 Å². The number of pyridine rings is 1. The lowest BCUT2D eigenvalue weighted by atomic mass is 9.91. The summed E-state index contributed by atoms with van der Waals surface area (Å²) in [5, 5.41) is 0.822. The number of nitrogens with zero attached hydrogens (tertiary/aromatic N) is 4.